The fourth-order valence-corrected chi connectivity index (χ4v) is 3.57. The van der Waals surface area contributed by atoms with Crippen molar-refractivity contribution < 1.29 is 4.79 Å². The van der Waals surface area contributed by atoms with Crippen LogP contribution in [0.15, 0.2) is 6.07 Å². The topological polar surface area (TPSA) is 50.2 Å². The molecule has 3 rings (SSSR count). The van der Waals surface area contributed by atoms with Crippen molar-refractivity contribution in [1.29, 1.82) is 0 Å². The molecule has 5 nitrogen and oxygen atoms in total. The summed E-state index contributed by atoms with van der Waals surface area (Å²) in [5.74, 6) is 1.27. The van der Waals surface area contributed by atoms with Gasteiger partial charge in [0.15, 0.2) is 5.69 Å². The minimum atomic E-state index is -0.0764. The fraction of sp³-hybridized carbons (Fsp3) is 0.778. The molecule has 6 heteroatoms. The van der Waals surface area contributed by atoms with E-state index in [4.69, 9.17) is 5.10 Å². The van der Waals surface area contributed by atoms with Gasteiger partial charge in [0.05, 0.1) is 5.54 Å². The van der Waals surface area contributed by atoms with E-state index in [-0.39, 0.29) is 23.9 Å². The van der Waals surface area contributed by atoms with E-state index in [1.165, 1.54) is 25.0 Å². The lowest BCUT2D eigenvalue weighted by atomic mass is 9.98. The Bertz CT molecular complexity index is 572. The van der Waals surface area contributed by atoms with Gasteiger partial charge in [0.25, 0.3) is 5.91 Å². The zero-order valence-corrected chi connectivity index (χ0v) is 16.2. The molecule has 136 valence electrons. The molecule has 2 heterocycles. The third-order valence-electron chi connectivity index (χ3n) is 4.89. The quantitative estimate of drug-likeness (QED) is 0.904. The molecular weight excluding hydrogens is 324 g/mol. The van der Waals surface area contributed by atoms with Gasteiger partial charge in [-0.15, -0.1) is 12.4 Å². The highest BCUT2D eigenvalue weighted by molar-refractivity contribution is 5.92. The maximum Gasteiger partial charge on any atom is 0.274 e. The van der Waals surface area contributed by atoms with Crippen LogP contribution >= 0.6 is 12.4 Å². The first-order valence-corrected chi connectivity index (χ1v) is 8.94. The molecule has 1 N–H and O–H groups in total. The van der Waals surface area contributed by atoms with Crippen LogP contribution in [0.25, 0.3) is 0 Å². The number of nitrogens with zero attached hydrogens (tertiary/aromatic N) is 3. The number of carbonyl (C=O) groups excluding carboxylic acids is 1. The molecule has 1 saturated carbocycles. The molecule has 1 unspecified atom stereocenters. The molecule has 1 amide bonds. The van der Waals surface area contributed by atoms with Crippen molar-refractivity contribution in [3.63, 3.8) is 0 Å². The van der Waals surface area contributed by atoms with Crippen molar-refractivity contribution in [1.82, 2.24) is 20.0 Å². The molecule has 0 aromatic carbocycles. The summed E-state index contributed by atoms with van der Waals surface area (Å²) in [6.45, 7) is 9.16. The minimum absolute atomic E-state index is 0. The normalized spacial score (nSPS) is 21.5. The SMILES string of the molecule is CNCC1CCCN(C(=O)c2cc(C3CC3)n(C(C)(C)C)n2)C1.Cl. The van der Waals surface area contributed by atoms with E-state index >= 15 is 0 Å². The summed E-state index contributed by atoms with van der Waals surface area (Å²) in [7, 11) is 1.98. The van der Waals surface area contributed by atoms with E-state index in [0.29, 0.717) is 17.5 Å². The second-order valence-electron chi connectivity index (χ2n) is 8.13. The lowest BCUT2D eigenvalue weighted by molar-refractivity contribution is 0.0666. The first-order valence-electron chi connectivity index (χ1n) is 8.94. The number of hydrogen-bond acceptors (Lipinski definition) is 3. The Morgan fingerprint density at radius 2 is 2.04 bits per heavy atom. The monoisotopic (exact) mass is 354 g/mol. The van der Waals surface area contributed by atoms with Crippen LogP contribution in [0.5, 0.6) is 0 Å². The number of halogens is 1. The van der Waals surface area contributed by atoms with Crippen LogP contribution in [0.2, 0.25) is 0 Å². The zero-order valence-electron chi connectivity index (χ0n) is 15.3. The van der Waals surface area contributed by atoms with Gasteiger partial charge in [-0.25, -0.2) is 0 Å². The van der Waals surface area contributed by atoms with Gasteiger partial charge >= 0.3 is 0 Å². The van der Waals surface area contributed by atoms with Crippen LogP contribution in [0.4, 0.5) is 0 Å². The first kappa shape index (κ1) is 19.3. The van der Waals surface area contributed by atoms with Gasteiger partial charge in [0.2, 0.25) is 0 Å². The molecule has 1 aromatic rings. The average molecular weight is 355 g/mol. The maximum absolute atomic E-state index is 12.9. The summed E-state index contributed by atoms with van der Waals surface area (Å²) < 4.78 is 2.08. The molecule has 1 aliphatic carbocycles. The van der Waals surface area contributed by atoms with Crippen LogP contribution in [-0.4, -0.2) is 47.3 Å². The van der Waals surface area contributed by atoms with Gasteiger partial charge in [-0.2, -0.15) is 5.10 Å². The Balaban J connectivity index is 0.00000208. The van der Waals surface area contributed by atoms with Crippen molar-refractivity contribution in [2.24, 2.45) is 5.92 Å². The Morgan fingerprint density at radius 1 is 1.33 bits per heavy atom. The fourth-order valence-electron chi connectivity index (χ4n) is 3.57. The summed E-state index contributed by atoms with van der Waals surface area (Å²) in [6.07, 6.45) is 4.74. The summed E-state index contributed by atoms with van der Waals surface area (Å²) in [5.41, 5.74) is 1.80. The second kappa shape index (κ2) is 7.44. The van der Waals surface area contributed by atoms with Crippen molar-refractivity contribution >= 4 is 18.3 Å². The molecule has 1 saturated heterocycles. The second-order valence-corrected chi connectivity index (χ2v) is 8.13. The smallest absolute Gasteiger partial charge is 0.274 e. The summed E-state index contributed by atoms with van der Waals surface area (Å²) >= 11 is 0. The van der Waals surface area contributed by atoms with Crippen molar-refractivity contribution in [2.75, 3.05) is 26.7 Å². The van der Waals surface area contributed by atoms with Crippen LogP contribution in [0.1, 0.15) is 68.6 Å². The number of aromatic nitrogens is 2. The Kier molecular flexibility index (Phi) is 5.97. The predicted molar refractivity (Wildman–Crippen MR) is 99.0 cm³/mol. The molecule has 0 spiro atoms. The zero-order chi connectivity index (χ0) is 16.6. The number of piperidine rings is 1. The van der Waals surface area contributed by atoms with E-state index in [1.807, 2.05) is 18.0 Å². The number of likely N-dealkylation sites (tertiary alicyclic amines) is 1. The van der Waals surface area contributed by atoms with Crippen LogP contribution < -0.4 is 5.32 Å². The van der Waals surface area contributed by atoms with E-state index in [9.17, 15) is 4.79 Å². The first-order chi connectivity index (χ1) is 10.9. The Labute approximate surface area is 151 Å². The molecule has 2 aliphatic rings. The van der Waals surface area contributed by atoms with Crippen molar-refractivity contribution in [3.05, 3.63) is 17.5 Å². The summed E-state index contributed by atoms with van der Waals surface area (Å²) in [4.78, 5) is 14.9. The predicted octanol–water partition coefficient (Wildman–Crippen LogP) is 3.01. The molecule has 2 fully saturated rings. The Hall–Kier alpha value is -1.07. The van der Waals surface area contributed by atoms with Crippen LogP contribution in [0.3, 0.4) is 0 Å². The molecule has 1 aromatic heterocycles. The van der Waals surface area contributed by atoms with Gasteiger partial charge < -0.3 is 10.2 Å². The number of rotatable bonds is 4. The third kappa shape index (κ3) is 4.12. The highest BCUT2D eigenvalue weighted by atomic mass is 35.5. The molecule has 0 bridgehead atoms. The molecule has 24 heavy (non-hydrogen) atoms. The molecular formula is C18H31ClN4O. The highest BCUT2D eigenvalue weighted by Gasteiger charge is 2.34. The lowest BCUT2D eigenvalue weighted by Gasteiger charge is -2.32. The summed E-state index contributed by atoms with van der Waals surface area (Å²) in [5, 5.41) is 7.93. The van der Waals surface area contributed by atoms with Gasteiger partial charge in [-0.1, -0.05) is 0 Å². The number of amides is 1. The molecule has 0 radical (unpaired) electrons. The Morgan fingerprint density at radius 3 is 2.62 bits per heavy atom. The number of nitrogens with one attached hydrogen (secondary N) is 1. The third-order valence-corrected chi connectivity index (χ3v) is 4.89. The van der Waals surface area contributed by atoms with E-state index in [2.05, 4.69) is 30.8 Å². The van der Waals surface area contributed by atoms with E-state index < -0.39 is 0 Å². The van der Waals surface area contributed by atoms with Gasteiger partial charge in [0, 0.05) is 24.7 Å². The highest BCUT2D eigenvalue weighted by Crippen LogP contribution is 2.41. The number of hydrogen-bond donors (Lipinski definition) is 1. The van der Waals surface area contributed by atoms with E-state index in [0.717, 1.165) is 26.1 Å². The van der Waals surface area contributed by atoms with E-state index in [1.54, 1.807) is 0 Å². The summed E-state index contributed by atoms with van der Waals surface area (Å²) in [6, 6.07) is 2.05. The van der Waals surface area contributed by atoms with Crippen LogP contribution in [0, 0.1) is 5.92 Å². The lowest BCUT2D eigenvalue weighted by Crippen LogP contribution is -2.42. The van der Waals surface area contributed by atoms with Crippen LogP contribution in [-0.2, 0) is 5.54 Å². The van der Waals surface area contributed by atoms with Crippen molar-refractivity contribution in [2.45, 2.75) is 57.9 Å². The molecule has 1 aliphatic heterocycles. The number of carbonyl (C=O) groups is 1. The van der Waals surface area contributed by atoms with Gasteiger partial charge in [-0.05, 0) is 72.0 Å². The minimum Gasteiger partial charge on any atom is -0.337 e. The largest absolute Gasteiger partial charge is 0.337 e. The maximum atomic E-state index is 12.9. The standard InChI is InChI=1S/C18H30N4O.ClH/c1-18(2,3)22-16(14-7-8-14)10-15(20-22)17(23)21-9-5-6-13(12-21)11-19-4;/h10,13-14,19H,5-9,11-12H2,1-4H3;1H. The molecule has 1 atom stereocenters. The van der Waals surface area contributed by atoms with Crippen molar-refractivity contribution in [3.8, 4) is 0 Å². The van der Waals surface area contributed by atoms with Gasteiger partial charge in [-0.3, -0.25) is 9.48 Å². The van der Waals surface area contributed by atoms with Gasteiger partial charge in [0.1, 0.15) is 0 Å². The average Bonchev–Trinajstić information content (AvgIpc) is 3.24.